The number of para-hydroxylation sites is 4. The van der Waals surface area contributed by atoms with Crippen molar-refractivity contribution in [2.24, 2.45) is 0 Å². The first-order valence-electron chi connectivity index (χ1n) is 14.7. The van der Waals surface area contributed by atoms with Gasteiger partial charge in [-0.05, 0) is 41.8 Å². The molecular weight excluding hydrogens is 524 g/mol. The smallest absolute Gasteiger partial charge is 0.145 e. The van der Waals surface area contributed by atoms with Crippen LogP contribution in [0.15, 0.2) is 146 Å². The summed E-state index contributed by atoms with van der Waals surface area (Å²) in [6.45, 7) is 0. The Labute approximate surface area is 246 Å². The first kappa shape index (κ1) is 22.8. The van der Waals surface area contributed by atoms with Gasteiger partial charge in [-0.3, -0.25) is 4.40 Å². The fraction of sp³-hybridized carbons (Fsp3) is 0. The zero-order valence-corrected chi connectivity index (χ0v) is 23.1. The van der Waals surface area contributed by atoms with E-state index in [9.17, 15) is 0 Å². The molecule has 0 aliphatic rings. The fourth-order valence-corrected chi connectivity index (χ4v) is 7.44. The van der Waals surface area contributed by atoms with Crippen LogP contribution in [0.3, 0.4) is 0 Å². The van der Waals surface area contributed by atoms with Crippen molar-refractivity contribution in [1.29, 1.82) is 0 Å². The van der Waals surface area contributed by atoms with Crippen LogP contribution in [0.1, 0.15) is 0 Å². The molecule has 0 radical (unpaired) electrons. The highest BCUT2D eigenvalue weighted by Gasteiger charge is 2.27. The fourth-order valence-electron chi connectivity index (χ4n) is 7.44. The van der Waals surface area contributed by atoms with Gasteiger partial charge in [-0.1, -0.05) is 97.1 Å². The second-order valence-electron chi connectivity index (χ2n) is 11.2. The van der Waals surface area contributed by atoms with Gasteiger partial charge < -0.3 is 9.13 Å². The lowest BCUT2D eigenvalue weighted by molar-refractivity contribution is 1.15. The number of fused-ring (bicyclic) bond motifs is 15. The minimum atomic E-state index is 0.979. The summed E-state index contributed by atoms with van der Waals surface area (Å²) < 4.78 is 7.25. The SMILES string of the molecule is c1ccc(-n2c3ccccc3c3c4c5ccccc5c5nccn5c4c4c5ccccc5n(-c5ccccc5)c4c32)cc1. The molecule has 10 aromatic rings. The van der Waals surface area contributed by atoms with Crippen molar-refractivity contribution in [2.45, 2.75) is 0 Å². The van der Waals surface area contributed by atoms with Crippen LogP contribution in [0.25, 0.3) is 82.3 Å². The van der Waals surface area contributed by atoms with Gasteiger partial charge in [0, 0.05) is 56.1 Å². The minimum absolute atomic E-state index is 0.979. The Morgan fingerprint density at radius 1 is 0.395 bits per heavy atom. The summed E-state index contributed by atoms with van der Waals surface area (Å²) in [7, 11) is 0. The van der Waals surface area contributed by atoms with Crippen LogP contribution in [-0.2, 0) is 0 Å². The van der Waals surface area contributed by atoms with Crippen molar-refractivity contribution in [3.8, 4) is 11.4 Å². The zero-order valence-electron chi connectivity index (χ0n) is 23.1. The quantitative estimate of drug-likeness (QED) is 0.198. The van der Waals surface area contributed by atoms with Gasteiger partial charge in [0.2, 0.25) is 0 Å². The van der Waals surface area contributed by atoms with Gasteiger partial charge in [0.15, 0.2) is 0 Å². The van der Waals surface area contributed by atoms with E-state index >= 15 is 0 Å². The topological polar surface area (TPSA) is 27.2 Å². The lowest BCUT2D eigenvalue weighted by Gasteiger charge is -2.16. The molecule has 200 valence electrons. The summed E-state index contributed by atoms with van der Waals surface area (Å²) >= 11 is 0. The van der Waals surface area contributed by atoms with Crippen molar-refractivity contribution < 1.29 is 0 Å². The number of nitrogens with zero attached hydrogens (tertiary/aromatic N) is 4. The first-order chi connectivity index (χ1) is 21.4. The molecule has 6 aromatic carbocycles. The second kappa shape index (κ2) is 8.34. The number of hydrogen-bond donors (Lipinski definition) is 0. The largest absolute Gasteiger partial charge is 0.307 e. The Balaban J connectivity index is 1.67. The maximum absolute atomic E-state index is 4.89. The summed E-state index contributed by atoms with van der Waals surface area (Å²) in [4.78, 5) is 4.89. The first-order valence-corrected chi connectivity index (χ1v) is 14.7. The predicted octanol–water partition coefficient (Wildman–Crippen LogP) is 9.83. The summed E-state index contributed by atoms with van der Waals surface area (Å²) in [5.74, 6) is 0. The Kier molecular flexibility index (Phi) is 4.42. The molecule has 4 heteroatoms. The van der Waals surface area contributed by atoms with Gasteiger partial charge in [-0.2, -0.15) is 0 Å². The van der Waals surface area contributed by atoms with E-state index in [1.165, 1.54) is 59.9 Å². The molecule has 0 N–H and O–H groups in total. The number of aromatic nitrogens is 4. The number of pyridine rings is 1. The van der Waals surface area contributed by atoms with E-state index in [4.69, 9.17) is 4.98 Å². The Morgan fingerprint density at radius 2 is 0.860 bits per heavy atom. The normalized spacial score (nSPS) is 12.2. The van der Waals surface area contributed by atoms with Crippen LogP contribution in [0.5, 0.6) is 0 Å². The van der Waals surface area contributed by atoms with E-state index in [-0.39, 0.29) is 0 Å². The van der Waals surface area contributed by atoms with Gasteiger partial charge in [0.05, 0.1) is 27.6 Å². The molecule has 43 heavy (non-hydrogen) atoms. The van der Waals surface area contributed by atoms with Gasteiger partial charge in [0.1, 0.15) is 5.65 Å². The van der Waals surface area contributed by atoms with Crippen molar-refractivity contribution >= 4 is 70.9 Å². The van der Waals surface area contributed by atoms with Crippen LogP contribution >= 0.6 is 0 Å². The van der Waals surface area contributed by atoms with Gasteiger partial charge >= 0.3 is 0 Å². The third kappa shape index (κ3) is 2.87. The Hall–Kier alpha value is -5.87. The molecule has 0 spiro atoms. The second-order valence-corrected chi connectivity index (χ2v) is 11.2. The number of benzene rings is 6. The third-order valence-electron chi connectivity index (χ3n) is 9.05. The third-order valence-corrected chi connectivity index (χ3v) is 9.05. The molecule has 4 heterocycles. The standard InChI is InChI=1S/C39H24N4/c1-3-13-25(14-4-1)42-31-21-11-9-19-29(31)34-33-27-17-7-8-18-28(27)39-40-23-24-41(39)36(33)35-30-20-10-12-22-32(30)43(38(35)37(34)42)26-15-5-2-6-16-26/h1-24H. The molecule has 0 atom stereocenters. The molecule has 4 aromatic heterocycles. The van der Waals surface area contributed by atoms with Crippen LogP contribution < -0.4 is 0 Å². The maximum Gasteiger partial charge on any atom is 0.145 e. The summed E-state index contributed by atoms with van der Waals surface area (Å²) in [5.41, 5.74) is 9.23. The lowest BCUT2D eigenvalue weighted by Crippen LogP contribution is -2.00. The van der Waals surface area contributed by atoms with Crippen LogP contribution in [-0.4, -0.2) is 18.5 Å². The number of imidazole rings is 1. The van der Waals surface area contributed by atoms with E-state index in [1.807, 2.05) is 6.20 Å². The molecular formula is C39H24N4. The molecule has 0 bridgehead atoms. The number of rotatable bonds is 2. The molecule has 0 unspecified atom stereocenters. The van der Waals surface area contributed by atoms with E-state index in [0.29, 0.717) is 0 Å². The monoisotopic (exact) mass is 548 g/mol. The van der Waals surface area contributed by atoms with E-state index < -0.39 is 0 Å². The average Bonchev–Trinajstić information content (AvgIpc) is 3.79. The average molecular weight is 549 g/mol. The van der Waals surface area contributed by atoms with Crippen molar-refractivity contribution in [3.05, 3.63) is 146 Å². The molecule has 0 fully saturated rings. The summed E-state index contributed by atoms with van der Waals surface area (Å²) in [5, 5.41) is 8.58. The zero-order chi connectivity index (χ0) is 28.1. The van der Waals surface area contributed by atoms with Crippen molar-refractivity contribution in [1.82, 2.24) is 18.5 Å². The van der Waals surface area contributed by atoms with Crippen molar-refractivity contribution in [2.75, 3.05) is 0 Å². The van der Waals surface area contributed by atoms with Crippen LogP contribution in [0.4, 0.5) is 0 Å². The molecule has 0 aliphatic carbocycles. The predicted molar refractivity (Wildman–Crippen MR) is 179 cm³/mol. The van der Waals surface area contributed by atoms with Gasteiger partial charge in [0.25, 0.3) is 0 Å². The van der Waals surface area contributed by atoms with Crippen LogP contribution in [0.2, 0.25) is 0 Å². The van der Waals surface area contributed by atoms with Crippen LogP contribution in [0, 0.1) is 0 Å². The molecule has 0 saturated carbocycles. The van der Waals surface area contributed by atoms with Gasteiger partial charge in [-0.25, -0.2) is 4.98 Å². The summed E-state index contributed by atoms with van der Waals surface area (Å²) in [6.07, 6.45) is 4.06. The maximum atomic E-state index is 4.89. The van der Waals surface area contributed by atoms with E-state index in [2.05, 4.69) is 153 Å². The van der Waals surface area contributed by atoms with Gasteiger partial charge in [-0.15, -0.1) is 0 Å². The molecule has 4 nitrogen and oxygen atoms in total. The highest BCUT2D eigenvalue weighted by molar-refractivity contribution is 6.40. The highest BCUT2D eigenvalue weighted by Crippen LogP contribution is 2.48. The minimum Gasteiger partial charge on any atom is -0.307 e. The van der Waals surface area contributed by atoms with Crippen molar-refractivity contribution in [3.63, 3.8) is 0 Å². The molecule has 10 rings (SSSR count). The molecule has 0 amide bonds. The Bertz CT molecular complexity index is 2710. The number of hydrogen-bond acceptors (Lipinski definition) is 1. The summed E-state index contributed by atoms with van der Waals surface area (Å²) in [6, 6.07) is 48.0. The highest BCUT2D eigenvalue weighted by atomic mass is 15.1. The molecule has 0 saturated heterocycles. The Morgan fingerprint density at radius 3 is 1.49 bits per heavy atom. The lowest BCUT2D eigenvalue weighted by atomic mass is 9.97. The van der Waals surface area contributed by atoms with E-state index in [1.54, 1.807) is 0 Å². The van der Waals surface area contributed by atoms with E-state index in [0.717, 1.165) is 22.4 Å². The molecule has 0 aliphatic heterocycles.